The maximum Gasteiger partial charge on any atom is 0.240 e. The van der Waals surface area contributed by atoms with Crippen LogP contribution in [0, 0.1) is 12.8 Å². The van der Waals surface area contributed by atoms with Gasteiger partial charge < -0.3 is 0 Å². The molecule has 0 saturated carbocycles. The highest BCUT2D eigenvalue weighted by Gasteiger charge is 2.20. The molecule has 1 fully saturated rings. The van der Waals surface area contributed by atoms with Gasteiger partial charge in [-0.3, -0.25) is 4.90 Å². The molecule has 26 heavy (non-hydrogen) atoms. The van der Waals surface area contributed by atoms with E-state index in [0.29, 0.717) is 17.4 Å². The van der Waals surface area contributed by atoms with Crippen LogP contribution in [-0.4, -0.2) is 33.0 Å². The van der Waals surface area contributed by atoms with E-state index in [2.05, 4.69) is 33.9 Å². The molecule has 5 heteroatoms. The Morgan fingerprint density at radius 3 is 2.31 bits per heavy atom. The lowest BCUT2D eigenvalue weighted by molar-refractivity contribution is 0.173. The first-order chi connectivity index (χ1) is 12.5. The van der Waals surface area contributed by atoms with Crippen LogP contribution in [0.2, 0.25) is 0 Å². The summed E-state index contributed by atoms with van der Waals surface area (Å²) < 4.78 is 27.4. The molecular formula is C21H28N2O2S. The second kappa shape index (κ2) is 8.80. The standard InChI is InChI=1S/C21H28N2O2S/c1-18-7-9-21(10-8-18)26(24,25)22-14-11-19-12-15-23(16-13-19)17-20-5-3-2-4-6-20/h2-10,19,22H,11-17H2,1H3. The molecule has 3 rings (SSSR count). The summed E-state index contributed by atoms with van der Waals surface area (Å²) in [5, 5.41) is 0. The van der Waals surface area contributed by atoms with E-state index in [9.17, 15) is 8.42 Å². The van der Waals surface area contributed by atoms with Gasteiger partial charge in [-0.05, 0) is 62.9 Å². The van der Waals surface area contributed by atoms with E-state index < -0.39 is 10.0 Å². The largest absolute Gasteiger partial charge is 0.299 e. The zero-order valence-corrected chi connectivity index (χ0v) is 16.2. The average molecular weight is 373 g/mol. The number of benzene rings is 2. The van der Waals surface area contributed by atoms with E-state index >= 15 is 0 Å². The van der Waals surface area contributed by atoms with E-state index in [4.69, 9.17) is 0 Å². The first-order valence-corrected chi connectivity index (χ1v) is 10.8. The molecule has 0 bridgehead atoms. The number of nitrogens with one attached hydrogen (secondary N) is 1. The highest BCUT2D eigenvalue weighted by Crippen LogP contribution is 2.21. The molecule has 1 saturated heterocycles. The van der Waals surface area contributed by atoms with Crippen molar-refractivity contribution in [2.24, 2.45) is 5.92 Å². The second-order valence-corrected chi connectivity index (χ2v) is 8.97. The van der Waals surface area contributed by atoms with Crippen LogP contribution in [0.3, 0.4) is 0 Å². The summed E-state index contributed by atoms with van der Waals surface area (Å²) in [5.74, 6) is 0.600. The number of likely N-dealkylation sites (tertiary alicyclic amines) is 1. The lowest BCUT2D eigenvalue weighted by Gasteiger charge is -2.32. The molecule has 2 aromatic carbocycles. The third kappa shape index (κ3) is 5.40. The molecule has 0 unspecified atom stereocenters. The van der Waals surface area contributed by atoms with Crippen LogP contribution in [0.25, 0.3) is 0 Å². The molecule has 4 nitrogen and oxygen atoms in total. The normalized spacial score (nSPS) is 16.7. The quantitative estimate of drug-likeness (QED) is 0.808. The maximum atomic E-state index is 12.3. The van der Waals surface area contributed by atoms with Crippen LogP contribution in [0.4, 0.5) is 0 Å². The highest BCUT2D eigenvalue weighted by molar-refractivity contribution is 7.89. The molecule has 0 spiro atoms. The van der Waals surface area contributed by atoms with Gasteiger partial charge in [-0.1, -0.05) is 48.0 Å². The lowest BCUT2D eigenvalue weighted by atomic mass is 9.93. The Morgan fingerprint density at radius 1 is 1.00 bits per heavy atom. The first-order valence-electron chi connectivity index (χ1n) is 9.35. The van der Waals surface area contributed by atoms with Crippen molar-refractivity contribution in [3.63, 3.8) is 0 Å². The highest BCUT2D eigenvalue weighted by atomic mass is 32.2. The van der Waals surface area contributed by atoms with Crippen LogP contribution in [-0.2, 0) is 16.6 Å². The molecular weight excluding hydrogens is 344 g/mol. The third-order valence-electron chi connectivity index (χ3n) is 5.13. The summed E-state index contributed by atoms with van der Waals surface area (Å²) in [7, 11) is -3.39. The van der Waals surface area contributed by atoms with Gasteiger partial charge in [-0.25, -0.2) is 13.1 Å². The summed E-state index contributed by atoms with van der Waals surface area (Å²) in [6.45, 7) is 5.65. The number of nitrogens with zero attached hydrogens (tertiary/aromatic N) is 1. The summed E-state index contributed by atoms with van der Waals surface area (Å²) in [4.78, 5) is 2.84. The van der Waals surface area contributed by atoms with E-state index in [1.54, 1.807) is 12.1 Å². The van der Waals surface area contributed by atoms with Crippen LogP contribution in [0.5, 0.6) is 0 Å². The van der Waals surface area contributed by atoms with E-state index in [0.717, 1.165) is 44.5 Å². The van der Waals surface area contributed by atoms with Gasteiger partial charge in [0.15, 0.2) is 0 Å². The second-order valence-electron chi connectivity index (χ2n) is 7.20. The smallest absolute Gasteiger partial charge is 0.240 e. The van der Waals surface area contributed by atoms with Crippen molar-refractivity contribution in [1.29, 1.82) is 0 Å². The predicted molar refractivity (Wildman–Crippen MR) is 105 cm³/mol. The topological polar surface area (TPSA) is 49.4 Å². The number of hydrogen-bond acceptors (Lipinski definition) is 3. The zero-order chi connectivity index (χ0) is 18.4. The van der Waals surface area contributed by atoms with E-state index in [1.807, 2.05) is 25.1 Å². The Morgan fingerprint density at radius 2 is 1.65 bits per heavy atom. The molecule has 1 aliphatic heterocycles. The maximum absolute atomic E-state index is 12.3. The third-order valence-corrected chi connectivity index (χ3v) is 6.61. The number of hydrogen-bond donors (Lipinski definition) is 1. The van der Waals surface area contributed by atoms with Crippen LogP contribution in [0.15, 0.2) is 59.5 Å². The van der Waals surface area contributed by atoms with Gasteiger partial charge in [0.1, 0.15) is 0 Å². The average Bonchev–Trinajstić information content (AvgIpc) is 2.64. The molecule has 0 atom stereocenters. The van der Waals surface area contributed by atoms with Crippen molar-refractivity contribution in [3.8, 4) is 0 Å². The van der Waals surface area contributed by atoms with Gasteiger partial charge in [0, 0.05) is 13.1 Å². The molecule has 0 radical (unpaired) electrons. The molecule has 2 aromatic rings. The van der Waals surface area contributed by atoms with Crippen LogP contribution < -0.4 is 4.72 Å². The van der Waals surface area contributed by atoms with Crippen molar-refractivity contribution in [3.05, 3.63) is 65.7 Å². The molecule has 0 amide bonds. The van der Waals surface area contributed by atoms with Gasteiger partial charge in [-0.2, -0.15) is 0 Å². The van der Waals surface area contributed by atoms with Crippen LogP contribution in [0.1, 0.15) is 30.4 Å². The van der Waals surface area contributed by atoms with Gasteiger partial charge in [0.25, 0.3) is 0 Å². The van der Waals surface area contributed by atoms with Crippen molar-refractivity contribution in [1.82, 2.24) is 9.62 Å². The molecule has 1 aliphatic rings. The lowest BCUT2D eigenvalue weighted by Crippen LogP contribution is -2.34. The molecule has 1 N–H and O–H groups in total. The Bertz CT molecular complexity index is 781. The number of sulfonamides is 1. The monoisotopic (exact) mass is 372 g/mol. The Labute approximate surface area is 157 Å². The van der Waals surface area contributed by atoms with Crippen molar-refractivity contribution >= 4 is 10.0 Å². The zero-order valence-electron chi connectivity index (χ0n) is 15.4. The van der Waals surface area contributed by atoms with Crippen molar-refractivity contribution in [2.75, 3.05) is 19.6 Å². The molecule has 0 aliphatic carbocycles. The molecule has 1 heterocycles. The fraction of sp³-hybridized carbons (Fsp3) is 0.429. The van der Waals surface area contributed by atoms with Gasteiger partial charge >= 0.3 is 0 Å². The minimum Gasteiger partial charge on any atom is -0.299 e. The summed E-state index contributed by atoms with van der Waals surface area (Å²) >= 11 is 0. The Kier molecular flexibility index (Phi) is 6.46. The number of piperidine rings is 1. The predicted octanol–water partition coefficient (Wildman–Crippen LogP) is 3.58. The molecule has 0 aromatic heterocycles. The summed E-state index contributed by atoms with van der Waals surface area (Å²) in [6.07, 6.45) is 3.18. The van der Waals surface area contributed by atoms with Crippen molar-refractivity contribution in [2.45, 2.75) is 37.6 Å². The fourth-order valence-corrected chi connectivity index (χ4v) is 4.52. The minimum absolute atomic E-state index is 0.348. The van der Waals surface area contributed by atoms with Gasteiger partial charge in [-0.15, -0.1) is 0 Å². The first kappa shape index (κ1) is 19.1. The SMILES string of the molecule is Cc1ccc(S(=O)(=O)NCCC2CCN(Cc3ccccc3)CC2)cc1. The Balaban J connectivity index is 1.40. The van der Waals surface area contributed by atoms with Gasteiger partial charge in [0.2, 0.25) is 10.0 Å². The summed E-state index contributed by atoms with van der Waals surface area (Å²) in [5.41, 5.74) is 2.42. The van der Waals surface area contributed by atoms with Gasteiger partial charge in [0.05, 0.1) is 4.90 Å². The van der Waals surface area contributed by atoms with E-state index in [1.165, 1.54) is 5.56 Å². The van der Waals surface area contributed by atoms with Crippen molar-refractivity contribution < 1.29 is 8.42 Å². The van der Waals surface area contributed by atoms with E-state index in [-0.39, 0.29) is 0 Å². The fourth-order valence-electron chi connectivity index (χ4n) is 3.47. The Hall–Kier alpha value is -1.69. The minimum atomic E-state index is -3.39. The molecule has 140 valence electrons. The summed E-state index contributed by atoms with van der Waals surface area (Å²) in [6, 6.07) is 17.6. The van der Waals surface area contributed by atoms with Crippen LogP contribution >= 0.6 is 0 Å². The number of rotatable bonds is 7. The number of aryl methyl sites for hydroxylation is 1.